The van der Waals surface area contributed by atoms with E-state index in [9.17, 15) is 90.4 Å². The maximum Gasteiger partial charge on any atom is 0.306 e. The molecule has 8 rings (SSSR count). The van der Waals surface area contributed by atoms with Crippen LogP contribution in [0.25, 0.3) is 0 Å². The van der Waals surface area contributed by atoms with Crippen LogP contribution in [-0.4, -0.2) is 317 Å². The van der Waals surface area contributed by atoms with E-state index < -0.39 is 257 Å². The van der Waals surface area contributed by atoms with Gasteiger partial charge in [-0.1, -0.05) is 57.2 Å². The van der Waals surface area contributed by atoms with Gasteiger partial charge in [0.1, 0.15) is 110 Å². The zero-order valence-corrected chi connectivity index (χ0v) is 53.0. The number of aliphatic hydroxyl groups is 13. The van der Waals surface area contributed by atoms with Gasteiger partial charge in [0.15, 0.2) is 42.1 Å². The van der Waals surface area contributed by atoms with E-state index in [1.807, 2.05) is 0 Å². The highest BCUT2D eigenvalue weighted by Crippen LogP contribution is 2.34. The molecule has 98 heavy (non-hydrogen) atoms. The van der Waals surface area contributed by atoms with Crippen LogP contribution in [0.4, 0.5) is 4.39 Å². The number of guanidine groups is 2. The zero-order valence-electron chi connectivity index (χ0n) is 53.0. The van der Waals surface area contributed by atoms with Crippen LogP contribution in [-0.2, 0) is 63.7 Å². The van der Waals surface area contributed by atoms with E-state index in [1.165, 1.54) is 6.92 Å². The van der Waals surface area contributed by atoms with Crippen molar-refractivity contribution < 1.29 is 133 Å². The van der Waals surface area contributed by atoms with Gasteiger partial charge in [-0.15, -0.1) is 0 Å². The summed E-state index contributed by atoms with van der Waals surface area (Å²) in [6, 6.07) is -2.36. The van der Waals surface area contributed by atoms with Crippen molar-refractivity contribution in [2.24, 2.45) is 27.4 Å². The summed E-state index contributed by atoms with van der Waals surface area (Å²) >= 11 is 0. The number of hydrogen-bond donors (Lipinski definition) is 22. The molecule has 0 aromatic heterocycles. The fourth-order valence-electron chi connectivity index (χ4n) is 11.9. The van der Waals surface area contributed by atoms with Crippen LogP contribution in [0.15, 0.2) is 58.5 Å². The summed E-state index contributed by atoms with van der Waals surface area (Å²) < 4.78 is 50.6. The first-order valence-electron chi connectivity index (χ1n) is 31.3. The number of hydrogen-bond acceptors (Lipinski definition) is 32. The average molecular weight is 1400 g/mol. The summed E-state index contributed by atoms with van der Waals surface area (Å²) in [6.45, 7) is -0.998. The second-order valence-electron chi connectivity index (χ2n) is 24.7. The molecule has 24 N–H and O–H groups in total. The van der Waals surface area contributed by atoms with Crippen LogP contribution in [0.3, 0.4) is 0 Å². The number of aliphatic hydroxyl groups excluding tert-OH is 13. The molecule has 5 unspecified atom stereocenters. The third kappa shape index (κ3) is 17.5. The summed E-state index contributed by atoms with van der Waals surface area (Å²) in [4.78, 5) is 109. The van der Waals surface area contributed by atoms with E-state index in [0.717, 1.165) is 23.1 Å². The van der Waals surface area contributed by atoms with Gasteiger partial charge in [-0.25, -0.2) is 4.39 Å². The molecule has 0 bridgehead atoms. The van der Waals surface area contributed by atoms with Crippen LogP contribution in [0.2, 0.25) is 0 Å². The number of esters is 1. The van der Waals surface area contributed by atoms with E-state index in [0.29, 0.717) is 5.56 Å². The molecule has 39 heteroatoms. The molecule has 2 aromatic carbocycles. The van der Waals surface area contributed by atoms with Crippen molar-refractivity contribution in [3.05, 3.63) is 65.5 Å². The summed E-state index contributed by atoms with van der Waals surface area (Å²) in [5.74, 6) is -12.5. The van der Waals surface area contributed by atoms with Gasteiger partial charge in [0, 0.05) is 18.8 Å². The molecule has 6 aliphatic rings. The van der Waals surface area contributed by atoms with Crippen molar-refractivity contribution in [1.82, 2.24) is 42.1 Å². The standard InChI is InChI=1S/C59H85FN12O26/c1-21(2)11-35(78)97-49-44(84)42(82)32(19-75)95-57(49)98-48-33(20-76)96-56(47(87)45(48)85)94-30-10-9-23(12-25(30)60)13-26-51(89)70-37(39(79)27-14-64-58(61)68-27)54(92)71-38(40(80)29-15-65-59(62)72(29)55-46(86)43(83)41(81)31(18-74)93-55)53(91)67-28(17-73)50(88)63-16-34(77)69-36(52(90)66-26)22(3)24-7-5-4-6-8-24/h4-10,12,21-22,26-29,31-33,36-49,55-57,73-76,79-87H,11,13-20H2,1-3H3,(H2,62,65)(H,63,88)(H,66,90)(H,67,91)(H,69,77)(H,70,89)(H,71,92)(H3,61,64,68)/t22?,26-,27?,28+,29?,31-,32-,33-,36+,37+,38-,39?,40?,41-,42-,43+,44+,45-,46+,47+,48-,49+,55+,56+,57-/m1/s1. The lowest BCUT2D eigenvalue weighted by Crippen LogP contribution is -2.70. The van der Waals surface area contributed by atoms with E-state index in [-0.39, 0.29) is 30.4 Å². The normalized spacial score (nSPS) is 35.7. The van der Waals surface area contributed by atoms with Gasteiger partial charge in [-0.2, -0.15) is 0 Å². The van der Waals surface area contributed by atoms with Crippen LogP contribution in [0, 0.1) is 11.7 Å². The first-order valence-corrected chi connectivity index (χ1v) is 31.3. The number of amides is 6. The topological polar surface area (TPSA) is 602 Å². The van der Waals surface area contributed by atoms with Crippen molar-refractivity contribution in [3.8, 4) is 5.75 Å². The number of rotatable bonds is 20. The predicted octanol–water partition coefficient (Wildman–Crippen LogP) is -11.9. The molecule has 4 saturated heterocycles. The van der Waals surface area contributed by atoms with Gasteiger partial charge in [-0.3, -0.25) is 43.5 Å². The molecule has 4 fully saturated rings. The van der Waals surface area contributed by atoms with Gasteiger partial charge < -0.3 is 148 Å². The molecule has 0 saturated carbocycles. The molecule has 0 radical (unpaired) electrons. The number of carbonyl (C=O) groups excluding carboxylic acids is 7. The Balaban J connectivity index is 1.11. The molecule has 2 aromatic rings. The molecular formula is C59H85FN12O26. The average Bonchev–Trinajstić information content (AvgIpc) is 1.40. The first kappa shape index (κ1) is 76.1. The van der Waals surface area contributed by atoms with Crippen molar-refractivity contribution in [3.63, 3.8) is 0 Å². The molecular weight excluding hydrogens is 1310 g/mol. The molecule has 38 nitrogen and oxygen atoms in total. The Bertz CT molecular complexity index is 3180. The molecule has 6 heterocycles. The maximum atomic E-state index is 16.6. The highest BCUT2D eigenvalue weighted by molar-refractivity contribution is 5.98. The van der Waals surface area contributed by atoms with Crippen molar-refractivity contribution in [2.75, 3.05) is 46.1 Å². The Hall–Kier alpha value is -7.68. The van der Waals surface area contributed by atoms with Crippen LogP contribution >= 0.6 is 0 Å². The Morgan fingerprint density at radius 3 is 1.87 bits per heavy atom. The summed E-state index contributed by atoms with van der Waals surface area (Å²) in [7, 11) is 0. The first-order chi connectivity index (χ1) is 46.5. The van der Waals surface area contributed by atoms with Crippen molar-refractivity contribution in [2.45, 2.75) is 186 Å². The number of carbonyl (C=O) groups is 7. The number of nitrogens with zero attached hydrogens (tertiary/aromatic N) is 3. The molecule has 0 spiro atoms. The van der Waals surface area contributed by atoms with Crippen LogP contribution in [0.5, 0.6) is 5.75 Å². The Labute approximate surface area is 557 Å². The van der Waals surface area contributed by atoms with Gasteiger partial charge >= 0.3 is 5.97 Å². The second-order valence-corrected chi connectivity index (χ2v) is 24.7. The minimum absolute atomic E-state index is 0.159. The lowest BCUT2D eigenvalue weighted by molar-refractivity contribution is -0.353. The minimum Gasteiger partial charge on any atom is -0.459 e. The van der Waals surface area contributed by atoms with Gasteiger partial charge in [0.25, 0.3) is 0 Å². The van der Waals surface area contributed by atoms with Gasteiger partial charge in [0.05, 0.1) is 58.1 Å². The smallest absolute Gasteiger partial charge is 0.306 e. The molecule has 6 aliphatic heterocycles. The maximum absolute atomic E-state index is 16.6. The summed E-state index contributed by atoms with van der Waals surface area (Å²) in [6.07, 6.45) is -33.5. The SMILES string of the molecule is CC(C)CC(=O)O[C@@H]1[C@@H](O[C@H]2[C@H](O)[C@H](O)[C@@H](Oc3ccc(C[C@H]4NC(=O)[C@H](C(C)c5ccccc5)NC(=O)CNC(=O)[C@H](CO)NC(=O)[C@@H](C(O)C5CN=C(N)N5[C@H]5O[C@H](CO)[C@@H](O)[C@H](O)[C@@H]5O)NC(=O)[C@H](C(O)C5CN=C(N)N5)NC4=O)cc3F)O[C@@H]2CO)O[C@H](CO)[C@@H](O)[C@@H]1O. The van der Waals surface area contributed by atoms with Gasteiger partial charge in [0.2, 0.25) is 41.7 Å². The third-order valence-electron chi connectivity index (χ3n) is 17.4. The fraction of sp³-hybridized carbons (Fsp3) is 0.644. The molecule has 25 atom stereocenters. The number of nitrogens with two attached hydrogens (primary N) is 2. The molecule has 544 valence electrons. The van der Waals surface area contributed by atoms with Gasteiger partial charge in [-0.05, 0) is 29.2 Å². The number of ether oxygens (including phenoxy) is 6. The second kappa shape index (κ2) is 33.5. The quantitative estimate of drug-likeness (QED) is 0.0547. The summed E-state index contributed by atoms with van der Waals surface area (Å²) in [5, 5.41) is 159. The van der Waals surface area contributed by atoms with Crippen LogP contribution in [0.1, 0.15) is 44.2 Å². The van der Waals surface area contributed by atoms with Crippen LogP contribution < -0.4 is 53.4 Å². The monoisotopic (exact) mass is 1400 g/mol. The number of aliphatic imine (C=N–C) groups is 2. The molecule has 6 amide bonds. The number of benzene rings is 2. The largest absolute Gasteiger partial charge is 0.459 e. The van der Waals surface area contributed by atoms with E-state index >= 15 is 14.0 Å². The lowest BCUT2D eigenvalue weighted by atomic mass is 9.92. The Morgan fingerprint density at radius 2 is 1.23 bits per heavy atom. The van der Waals surface area contributed by atoms with E-state index in [1.54, 1.807) is 44.2 Å². The fourth-order valence-corrected chi connectivity index (χ4v) is 11.9. The highest BCUT2D eigenvalue weighted by atomic mass is 19.1. The highest BCUT2D eigenvalue weighted by Gasteiger charge is 2.55. The number of halogens is 1. The van der Waals surface area contributed by atoms with Crippen molar-refractivity contribution >= 4 is 53.3 Å². The Morgan fingerprint density at radius 1 is 0.633 bits per heavy atom. The van der Waals surface area contributed by atoms with E-state index in [2.05, 4.69) is 47.2 Å². The summed E-state index contributed by atoms with van der Waals surface area (Å²) in [5.41, 5.74) is 12.4. The third-order valence-corrected chi connectivity index (χ3v) is 17.4. The van der Waals surface area contributed by atoms with E-state index in [4.69, 9.17) is 39.9 Å². The molecule has 0 aliphatic carbocycles. The minimum atomic E-state index is -2.40. The van der Waals surface area contributed by atoms with Crippen molar-refractivity contribution in [1.29, 1.82) is 0 Å². The Kier molecular flexibility index (Phi) is 26.0. The zero-order chi connectivity index (χ0) is 71.7. The number of nitrogens with one attached hydrogen (secondary N) is 7. The predicted molar refractivity (Wildman–Crippen MR) is 326 cm³/mol. The lowest BCUT2D eigenvalue weighted by Gasteiger charge is -2.46.